The van der Waals surface area contributed by atoms with E-state index in [0.717, 1.165) is 10.9 Å². The lowest BCUT2D eigenvalue weighted by Crippen LogP contribution is -2.09. The minimum absolute atomic E-state index is 0.399. The standard InChI is InChI=1S/C16H13NO3/c1-19-14-9-12-7-8-17-13(12)10-15(14)20-16(18)11-5-3-2-4-6-11/h2-10,17H,1H3. The number of hydrogen-bond donors (Lipinski definition) is 1. The molecule has 0 saturated heterocycles. The van der Waals surface area contributed by atoms with Crippen molar-refractivity contribution >= 4 is 16.9 Å². The van der Waals surface area contributed by atoms with Crippen LogP contribution in [-0.2, 0) is 0 Å². The molecule has 2 aromatic carbocycles. The molecule has 0 bridgehead atoms. The fraction of sp³-hybridized carbons (Fsp3) is 0.0625. The Labute approximate surface area is 115 Å². The highest BCUT2D eigenvalue weighted by molar-refractivity contribution is 5.92. The van der Waals surface area contributed by atoms with Crippen molar-refractivity contribution in [2.45, 2.75) is 0 Å². The van der Waals surface area contributed by atoms with E-state index in [1.54, 1.807) is 37.4 Å². The third-order valence-electron chi connectivity index (χ3n) is 3.05. The number of carbonyl (C=O) groups excluding carboxylic acids is 1. The quantitative estimate of drug-likeness (QED) is 0.584. The van der Waals surface area contributed by atoms with Gasteiger partial charge in [0.15, 0.2) is 11.5 Å². The minimum atomic E-state index is -0.408. The minimum Gasteiger partial charge on any atom is -0.493 e. The van der Waals surface area contributed by atoms with E-state index in [0.29, 0.717) is 17.1 Å². The van der Waals surface area contributed by atoms with Crippen LogP contribution >= 0.6 is 0 Å². The first-order valence-electron chi connectivity index (χ1n) is 6.20. The van der Waals surface area contributed by atoms with Crippen molar-refractivity contribution in [2.75, 3.05) is 7.11 Å². The van der Waals surface area contributed by atoms with Crippen molar-refractivity contribution in [1.29, 1.82) is 0 Å². The summed E-state index contributed by atoms with van der Waals surface area (Å²) in [5.74, 6) is 0.521. The lowest BCUT2D eigenvalue weighted by Gasteiger charge is -2.09. The number of nitrogens with one attached hydrogen (secondary N) is 1. The van der Waals surface area contributed by atoms with Crippen molar-refractivity contribution in [2.24, 2.45) is 0 Å². The molecule has 0 aliphatic heterocycles. The molecule has 0 amide bonds. The van der Waals surface area contributed by atoms with Gasteiger partial charge in [0.05, 0.1) is 12.7 Å². The summed E-state index contributed by atoms with van der Waals surface area (Å²) in [5, 5.41) is 1.00. The highest BCUT2D eigenvalue weighted by Crippen LogP contribution is 2.32. The number of aromatic amines is 1. The molecule has 0 saturated carbocycles. The number of fused-ring (bicyclic) bond motifs is 1. The van der Waals surface area contributed by atoms with Crippen molar-refractivity contribution in [1.82, 2.24) is 4.98 Å². The number of hydrogen-bond acceptors (Lipinski definition) is 3. The van der Waals surface area contributed by atoms with Crippen molar-refractivity contribution in [3.8, 4) is 11.5 Å². The summed E-state index contributed by atoms with van der Waals surface area (Å²) in [6.07, 6.45) is 1.83. The van der Waals surface area contributed by atoms with Crippen LogP contribution in [0.1, 0.15) is 10.4 Å². The fourth-order valence-electron chi connectivity index (χ4n) is 2.03. The summed E-state index contributed by atoms with van der Waals surface area (Å²) < 4.78 is 10.7. The smallest absolute Gasteiger partial charge is 0.343 e. The van der Waals surface area contributed by atoms with Crippen LogP contribution in [0.25, 0.3) is 10.9 Å². The molecule has 0 spiro atoms. The molecule has 3 aromatic rings. The summed E-state index contributed by atoms with van der Waals surface area (Å²) in [4.78, 5) is 15.1. The number of H-pyrrole nitrogens is 1. The summed E-state index contributed by atoms with van der Waals surface area (Å²) in [5.41, 5.74) is 1.39. The first kappa shape index (κ1) is 12.3. The number of rotatable bonds is 3. The maximum absolute atomic E-state index is 12.1. The monoisotopic (exact) mass is 267 g/mol. The normalized spacial score (nSPS) is 10.4. The van der Waals surface area contributed by atoms with Crippen LogP contribution in [0.5, 0.6) is 11.5 Å². The van der Waals surface area contributed by atoms with Gasteiger partial charge in [0, 0.05) is 23.2 Å². The van der Waals surface area contributed by atoms with E-state index in [1.807, 2.05) is 24.4 Å². The van der Waals surface area contributed by atoms with Crippen LogP contribution in [0.4, 0.5) is 0 Å². The molecule has 0 aliphatic rings. The molecule has 100 valence electrons. The van der Waals surface area contributed by atoms with Crippen LogP contribution in [0.2, 0.25) is 0 Å². The van der Waals surface area contributed by atoms with Crippen molar-refractivity contribution in [3.63, 3.8) is 0 Å². The van der Waals surface area contributed by atoms with Crippen LogP contribution in [0, 0.1) is 0 Å². The first-order chi connectivity index (χ1) is 9.78. The van der Waals surface area contributed by atoms with Gasteiger partial charge in [-0.05, 0) is 24.3 Å². The van der Waals surface area contributed by atoms with Gasteiger partial charge in [0.25, 0.3) is 0 Å². The Bertz CT molecular complexity index is 747. The van der Waals surface area contributed by atoms with Gasteiger partial charge < -0.3 is 14.5 Å². The second-order valence-electron chi connectivity index (χ2n) is 4.32. The molecular weight excluding hydrogens is 254 g/mol. The van der Waals surface area contributed by atoms with Gasteiger partial charge >= 0.3 is 5.97 Å². The number of esters is 1. The summed E-state index contributed by atoms with van der Waals surface area (Å²) in [7, 11) is 1.55. The predicted octanol–water partition coefficient (Wildman–Crippen LogP) is 3.40. The van der Waals surface area contributed by atoms with E-state index in [1.165, 1.54) is 0 Å². The van der Waals surface area contributed by atoms with Gasteiger partial charge in [0.2, 0.25) is 0 Å². The Hall–Kier alpha value is -2.75. The van der Waals surface area contributed by atoms with Crippen LogP contribution in [0.3, 0.4) is 0 Å². The molecule has 20 heavy (non-hydrogen) atoms. The van der Waals surface area contributed by atoms with E-state index in [2.05, 4.69) is 4.98 Å². The number of benzene rings is 2. The van der Waals surface area contributed by atoms with Gasteiger partial charge in [-0.15, -0.1) is 0 Å². The molecule has 1 N–H and O–H groups in total. The topological polar surface area (TPSA) is 51.3 Å². The summed E-state index contributed by atoms with van der Waals surface area (Å²) >= 11 is 0. The Balaban J connectivity index is 1.95. The largest absolute Gasteiger partial charge is 0.493 e. The van der Waals surface area contributed by atoms with E-state index in [9.17, 15) is 4.79 Å². The average Bonchev–Trinajstić information content (AvgIpc) is 2.94. The van der Waals surface area contributed by atoms with Crippen molar-refractivity contribution < 1.29 is 14.3 Å². The van der Waals surface area contributed by atoms with E-state index in [-0.39, 0.29) is 0 Å². The van der Waals surface area contributed by atoms with Crippen LogP contribution < -0.4 is 9.47 Å². The number of methoxy groups -OCH3 is 1. The molecule has 0 unspecified atom stereocenters. The molecule has 3 rings (SSSR count). The molecule has 4 nitrogen and oxygen atoms in total. The number of ether oxygens (including phenoxy) is 2. The third-order valence-corrected chi connectivity index (χ3v) is 3.05. The van der Waals surface area contributed by atoms with Gasteiger partial charge in [-0.25, -0.2) is 4.79 Å². The predicted molar refractivity (Wildman–Crippen MR) is 76.3 cm³/mol. The highest BCUT2D eigenvalue weighted by Gasteiger charge is 2.13. The molecular formula is C16H13NO3. The van der Waals surface area contributed by atoms with E-state index >= 15 is 0 Å². The van der Waals surface area contributed by atoms with Gasteiger partial charge in [-0.2, -0.15) is 0 Å². The maximum atomic E-state index is 12.1. The molecule has 0 radical (unpaired) electrons. The highest BCUT2D eigenvalue weighted by atomic mass is 16.6. The van der Waals surface area contributed by atoms with Gasteiger partial charge in [-0.1, -0.05) is 18.2 Å². The van der Waals surface area contributed by atoms with Crippen molar-refractivity contribution in [3.05, 3.63) is 60.3 Å². The van der Waals surface area contributed by atoms with Crippen LogP contribution in [0.15, 0.2) is 54.7 Å². The van der Waals surface area contributed by atoms with E-state index < -0.39 is 5.97 Å². The SMILES string of the molecule is COc1cc2cc[nH]c2cc1OC(=O)c1ccccc1. The average molecular weight is 267 g/mol. The molecule has 0 fully saturated rings. The molecule has 0 atom stereocenters. The maximum Gasteiger partial charge on any atom is 0.343 e. The summed E-state index contributed by atoms with van der Waals surface area (Å²) in [6, 6.07) is 14.4. The van der Waals surface area contributed by atoms with E-state index in [4.69, 9.17) is 9.47 Å². The first-order valence-corrected chi connectivity index (χ1v) is 6.20. The van der Waals surface area contributed by atoms with Gasteiger partial charge in [-0.3, -0.25) is 0 Å². The lowest BCUT2D eigenvalue weighted by molar-refractivity contribution is 0.0730. The zero-order valence-electron chi connectivity index (χ0n) is 10.9. The molecule has 1 aromatic heterocycles. The molecule has 4 heteroatoms. The molecule has 0 aliphatic carbocycles. The number of aromatic nitrogens is 1. The second kappa shape index (κ2) is 5.09. The second-order valence-corrected chi connectivity index (χ2v) is 4.32. The third kappa shape index (κ3) is 2.23. The summed E-state index contributed by atoms with van der Waals surface area (Å²) in [6.45, 7) is 0. The Morgan fingerprint density at radius 2 is 1.85 bits per heavy atom. The zero-order valence-corrected chi connectivity index (χ0v) is 10.9. The Morgan fingerprint density at radius 1 is 1.05 bits per heavy atom. The van der Waals surface area contributed by atoms with Gasteiger partial charge in [0.1, 0.15) is 0 Å². The number of carbonyl (C=O) groups is 1. The molecule has 1 heterocycles. The lowest BCUT2D eigenvalue weighted by atomic mass is 10.2. The Kier molecular flexibility index (Phi) is 3.13. The zero-order chi connectivity index (χ0) is 13.9. The Morgan fingerprint density at radius 3 is 2.60 bits per heavy atom. The van der Waals surface area contributed by atoms with Crippen LogP contribution in [-0.4, -0.2) is 18.1 Å². The fourth-order valence-corrected chi connectivity index (χ4v) is 2.03.